The quantitative estimate of drug-likeness (QED) is 0.333. The Kier molecular flexibility index (Phi) is 8.73. The monoisotopic (exact) mass is 479 g/mol. The highest BCUT2D eigenvalue weighted by molar-refractivity contribution is 6.42. The molecular weight excluding hydrogens is 457 g/mol. The summed E-state index contributed by atoms with van der Waals surface area (Å²) in [5, 5.41) is 4.91. The van der Waals surface area contributed by atoms with Crippen LogP contribution in [0.3, 0.4) is 0 Å². The fourth-order valence-corrected chi connectivity index (χ4v) is 3.67. The van der Waals surface area contributed by atoms with E-state index in [1.165, 1.54) is 5.56 Å². The molecule has 0 saturated carbocycles. The van der Waals surface area contributed by atoms with Crippen molar-refractivity contribution in [2.24, 2.45) is 0 Å². The molecule has 0 aliphatic rings. The molecule has 0 spiro atoms. The number of rotatable bonds is 10. The SMILES string of the molecule is COc1ccc(CCNCc2cc(Cl)c(OCc3ccc(Cl)c(Cl)c3)c(OC)c2)cc1. The molecule has 0 radical (unpaired) electrons. The molecule has 0 amide bonds. The van der Waals surface area contributed by atoms with E-state index < -0.39 is 0 Å². The lowest BCUT2D eigenvalue weighted by molar-refractivity contribution is 0.284. The van der Waals surface area contributed by atoms with Crippen LogP contribution < -0.4 is 19.5 Å². The molecule has 0 bridgehead atoms. The van der Waals surface area contributed by atoms with Crippen molar-refractivity contribution in [2.45, 2.75) is 19.6 Å². The van der Waals surface area contributed by atoms with Gasteiger partial charge in [0.05, 0.1) is 29.3 Å². The Balaban J connectivity index is 1.57. The minimum absolute atomic E-state index is 0.298. The van der Waals surface area contributed by atoms with Gasteiger partial charge in [0.1, 0.15) is 12.4 Å². The van der Waals surface area contributed by atoms with Crippen molar-refractivity contribution in [3.63, 3.8) is 0 Å². The number of benzene rings is 3. The third-order valence-corrected chi connectivity index (χ3v) is 5.75. The minimum Gasteiger partial charge on any atom is -0.497 e. The molecule has 0 aromatic heterocycles. The Bertz CT molecular complexity index is 1010. The Morgan fingerprint density at radius 1 is 0.742 bits per heavy atom. The van der Waals surface area contributed by atoms with E-state index in [1.54, 1.807) is 26.4 Å². The summed E-state index contributed by atoms with van der Waals surface area (Å²) in [6.07, 6.45) is 0.916. The van der Waals surface area contributed by atoms with E-state index in [-0.39, 0.29) is 0 Å². The van der Waals surface area contributed by atoms with Gasteiger partial charge in [-0.2, -0.15) is 0 Å². The molecule has 3 aromatic rings. The zero-order valence-corrected chi connectivity index (χ0v) is 19.7. The smallest absolute Gasteiger partial charge is 0.180 e. The lowest BCUT2D eigenvalue weighted by Gasteiger charge is -2.15. The average Bonchev–Trinajstić information content (AvgIpc) is 2.78. The first-order valence-electron chi connectivity index (χ1n) is 9.77. The zero-order valence-electron chi connectivity index (χ0n) is 17.4. The van der Waals surface area contributed by atoms with Gasteiger partial charge >= 0.3 is 0 Å². The van der Waals surface area contributed by atoms with E-state index in [1.807, 2.05) is 30.3 Å². The summed E-state index contributed by atoms with van der Waals surface area (Å²) in [5.41, 5.74) is 3.14. The standard InChI is InChI=1S/C24H24Cl3NO3/c1-29-19-6-3-16(4-7-19)9-10-28-14-18-12-22(27)24(23(13-18)30-2)31-15-17-5-8-20(25)21(26)11-17/h3-8,11-13,28H,9-10,14-15H2,1-2H3. The van der Waals surface area contributed by atoms with Gasteiger partial charge in [0.25, 0.3) is 0 Å². The van der Waals surface area contributed by atoms with Crippen LogP contribution >= 0.6 is 34.8 Å². The zero-order chi connectivity index (χ0) is 22.2. The normalized spacial score (nSPS) is 10.7. The fraction of sp³-hybridized carbons (Fsp3) is 0.250. The molecule has 3 aromatic carbocycles. The van der Waals surface area contributed by atoms with Crippen LogP contribution in [0.1, 0.15) is 16.7 Å². The number of methoxy groups -OCH3 is 2. The Morgan fingerprint density at radius 3 is 2.13 bits per heavy atom. The Hall–Kier alpha value is -2.11. The highest BCUT2D eigenvalue weighted by Crippen LogP contribution is 2.37. The summed E-state index contributed by atoms with van der Waals surface area (Å²) in [6, 6.07) is 17.3. The number of ether oxygens (including phenoxy) is 3. The number of hydrogen-bond donors (Lipinski definition) is 1. The van der Waals surface area contributed by atoms with Gasteiger partial charge in [0, 0.05) is 6.54 Å². The molecule has 164 valence electrons. The van der Waals surface area contributed by atoms with Crippen molar-refractivity contribution >= 4 is 34.8 Å². The second kappa shape index (κ2) is 11.5. The van der Waals surface area contributed by atoms with Crippen molar-refractivity contribution in [3.05, 3.63) is 86.4 Å². The van der Waals surface area contributed by atoms with Crippen LogP contribution in [0, 0.1) is 0 Å². The van der Waals surface area contributed by atoms with Crippen molar-refractivity contribution in [1.82, 2.24) is 5.32 Å². The molecule has 3 rings (SSSR count). The third-order valence-electron chi connectivity index (χ3n) is 4.74. The molecule has 0 aliphatic heterocycles. The van der Waals surface area contributed by atoms with Gasteiger partial charge < -0.3 is 19.5 Å². The van der Waals surface area contributed by atoms with Gasteiger partial charge in [-0.15, -0.1) is 0 Å². The van der Waals surface area contributed by atoms with Crippen LogP contribution in [-0.4, -0.2) is 20.8 Å². The van der Waals surface area contributed by atoms with Crippen LogP contribution in [0.4, 0.5) is 0 Å². The molecule has 4 nitrogen and oxygen atoms in total. The predicted molar refractivity (Wildman–Crippen MR) is 127 cm³/mol. The van der Waals surface area contributed by atoms with E-state index in [4.69, 9.17) is 49.0 Å². The van der Waals surface area contributed by atoms with Gasteiger partial charge in [0.15, 0.2) is 11.5 Å². The summed E-state index contributed by atoms with van der Waals surface area (Å²) in [6.45, 7) is 1.80. The first-order valence-corrected chi connectivity index (χ1v) is 10.9. The molecule has 0 aliphatic carbocycles. The highest BCUT2D eigenvalue weighted by Gasteiger charge is 2.13. The maximum absolute atomic E-state index is 6.48. The molecule has 0 unspecified atom stereocenters. The molecule has 0 fully saturated rings. The maximum Gasteiger partial charge on any atom is 0.180 e. The largest absolute Gasteiger partial charge is 0.497 e. The van der Waals surface area contributed by atoms with Gasteiger partial charge in [-0.25, -0.2) is 0 Å². The van der Waals surface area contributed by atoms with Gasteiger partial charge in [-0.1, -0.05) is 53.0 Å². The number of halogens is 3. The number of nitrogens with one attached hydrogen (secondary N) is 1. The maximum atomic E-state index is 6.48. The summed E-state index contributed by atoms with van der Waals surface area (Å²) in [7, 11) is 3.26. The van der Waals surface area contributed by atoms with E-state index in [9.17, 15) is 0 Å². The molecule has 31 heavy (non-hydrogen) atoms. The molecule has 0 heterocycles. The van der Waals surface area contributed by atoms with Crippen molar-refractivity contribution in [3.8, 4) is 17.2 Å². The topological polar surface area (TPSA) is 39.7 Å². The van der Waals surface area contributed by atoms with Crippen LogP contribution in [0.5, 0.6) is 17.2 Å². The molecular formula is C24H24Cl3NO3. The van der Waals surface area contributed by atoms with Crippen LogP contribution in [0.2, 0.25) is 15.1 Å². The van der Waals surface area contributed by atoms with Crippen LogP contribution in [0.15, 0.2) is 54.6 Å². The van der Waals surface area contributed by atoms with E-state index in [0.29, 0.717) is 39.7 Å². The lowest BCUT2D eigenvalue weighted by Crippen LogP contribution is -2.16. The summed E-state index contributed by atoms with van der Waals surface area (Å²) < 4.78 is 16.6. The molecule has 7 heteroatoms. The van der Waals surface area contributed by atoms with Crippen molar-refractivity contribution in [2.75, 3.05) is 20.8 Å². The molecule has 0 atom stereocenters. The summed E-state index contributed by atoms with van der Waals surface area (Å²) in [5.74, 6) is 1.94. The summed E-state index contributed by atoms with van der Waals surface area (Å²) in [4.78, 5) is 0. The fourth-order valence-electron chi connectivity index (χ4n) is 3.06. The first kappa shape index (κ1) is 23.6. The van der Waals surface area contributed by atoms with Crippen molar-refractivity contribution in [1.29, 1.82) is 0 Å². The minimum atomic E-state index is 0.298. The third kappa shape index (κ3) is 6.68. The van der Waals surface area contributed by atoms with Crippen LogP contribution in [0.25, 0.3) is 0 Å². The Labute approximate surface area is 198 Å². The van der Waals surface area contributed by atoms with Gasteiger partial charge in [-0.05, 0) is 66.1 Å². The molecule has 1 N–H and O–H groups in total. The van der Waals surface area contributed by atoms with E-state index in [0.717, 1.165) is 29.8 Å². The average molecular weight is 481 g/mol. The first-order chi connectivity index (χ1) is 15.0. The summed E-state index contributed by atoms with van der Waals surface area (Å²) >= 11 is 18.5. The predicted octanol–water partition coefficient (Wildman–Crippen LogP) is 6.58. The van der Waals surface area contributed by atoms with Gasteiger partial charge in [0.2, 0.25) is 0 Å². The van der Waals surface area contributed by atoms with Crippen molar-refractivity contribution < 1.29 is 14.2 Å². The Morgan fingerprint density at radius 2 is 1.45 bits per heavy atom. The van der Waals surface area contributed by atoms with Crippen LogP contribution in [-0.2, 0) is 19.6 Å². The van der Waals surface area contributed by atoms with Gasteiger partial charge in [-0.3, -0.25) is 0 Å². The lowest BCUT2D eigenvalue weighted by atomic mass is 10.1. The highest BCUT2D eigenvalue weighted by atomic mass is 35.5. The second-order valence-corrected chi connectivity index (χ2v) is 8.14. The number of hydrogen-bond acceptors (Lipinski definition) is 4. The molecule has 0 saturated heterocycles. The second-order valence-electron chi connectivity index (χ2n) is 6.92. The van der Waals surface area contributed by atoms with E-state index >= 15 is 0 Å². The van der Waals surface area contributed by atoms with E-state index in [2.05, 4.69) is 17.4 Å².